The van der Waals surface area contributed by atoms with Crippen LogP contribution in [-0.2, 0) is 12.8 Å². The van der Waals surface area contributed by atoms with E-state index in [0.717, 1.165) is 25.9 Å². The highest BCUT2D eigenvalue weighted by Crippen LogP contribution is 2.36. The first-order valence-corrected chi connectivity index (χ1v) is 11.2. The second-order valence-corrected chi connectivity index (χ2v) is 8.95. The first kappa shape index (κ1) is 18.7. The van der Waals surface area contributed by atoms with Gasteiger partial charge in [0.15, 0.2) is 0 Å². The number of piperidine rings is 1. The lowest BCUT2D eigenvalue weighted by molar-refractivity contribution is 0.280. The summed E-state index contributed by atoms with van der Waals surface area (Å²) in [5, 5.41) is 7.27. The van der Waals surface area contributed by atoms with Crippen molar-refractivity contribution in [2.24, 2.45) is 5.92 Å². The van der Waals surface area contributed by atoms with Crippen molar-refractivity contribution in [2.45, 2.75) is 58.0 Å². The number of imidazole rings is 1. The van der Waals surface area contributed by atoms with Crippen LogP contribution in [0.2, 0.25) is 0 Å². The SMILES string of the molecule is C[C@H]1CCc2c(ccc3c2nc(Cc2ccccc2)n3[C@@H](C)[C@H]2CCCNC2)N1. The molecule has 0 spiro atoms. The molecule has 3 aromatic rings. The van der Waals surface area contributed by atoms with Gasteiger partial charge in [0.1, 0.15) is 5.82 Å². The average molecular weight is 389 g/mol. The molecule has 1 saturated heterocycles. The second kappa shape index (κ2) is 7.83. The molecular formula is C25H32N4. The molecule has 1 aromatic heterocycles. The van der Waals surface area contributed by atoms with Crippen molar-refractivity contribution in [2.75, 3.05) is 18.4 Å². The summed E-state index contributed by atoms with van der Waals surface area (Å²) in [4.78, 5) is 5.26. The van der Waals surface area contributed by atoms with Crippen molar-refractivity contribution in [3.63, 3.8) is 0 Å². The molecular weight excluding hydrogens is 356 g/mol. The third-order valence-corrected chi connectivity index (χ3v) is 6.90. The maximum Gasteiger partial charge on any atom is 0.114 e. The van der Waals surface area contributed by atoms with Crippen LogP contribution in [0.15, 0.2) is 42.5 Å². The summed E-state index contributed by atoms with van der Waals surface area (Å²) in [7, 11) is 0. The monoisotopic (exact) mass is 388 g/mol. The molecule has 5 rings (SSSR count). The fraction of sp³-hybridized carbons (Fsp3) is 0.480. The highest BCUT2D eigenvalue weighted by molar-refractivity contribution is 5.86. The molecule has 0 amide bonds. The summed E-state index contributed by atoms with van der Waals surface area (Å²) in [6, 6.07) is 16.3. The van der Waals surface area contributed by atoms with Crippen LogP contribution in [0.4, 0.5) is 5.69 Å². The third kappa shape index (κ3) is 3.55. The van der Waals surface area contributed by atoms with Gasteiger partial charge in [-0.3, -0.25) is 0 Å². The molecule has 0 bridgehead atoms. The summed E-state index contributed by atoms with van der Waals surface area (Å²) >= 11 is 0. The van der Waals surface area contributed by atoms with E-state index in [9.17, 15) is 0 Å². The van der Waals surface area contributed by atoms with Crippen molar-refractivity contribution in [1.82, 2.24) is 14.9 Å². The van der Waals surface area contributed by atoms with Gasteiger partial charge in [-0.15, -0.1) is 0 Å². The van der Waals surface area contributed by atoms with Crippen LogP contribution in [0.25, 0.3) is 11.0 Å². The lowest BCUT2D eigenvalue weighted by atomic mass is 9.92. The van der Waals surface area contributed by atoms with Crippen LogP contribution in [0, 0.1) is 5.92 Å². The van der Waals surface area contributed by atoms with Crippen LogP contribution in [0.3, 0.4) is 0 Å². The molecule has 4 nitrogen and oxygen atoms in total. The van der Waals surface area contributed by atoms with Crippen molar-refractivity contribution in [1.29, 1.82) is 0 Å². The number of hydrogen-bond donors (Lipinski definition) is 2. The third-order valence-electron chi connectivity index (χ3n) is 6.90. The minimum Gasteiger partial charge on any atom is -0.382 e. The summed E-state index contributed by atoms with van der Waals surface area (Å²) in [5.41, 5.74) is 6.54. The molecule has 2 N–H and O–H groups in total. The fourth-order valence-corrected chi connectivity index (χ4v) is 5.21. The molecule has 2 aliphatic rings. The molecule has 1 fully saturated rings. The van der Waals surface area contributed by atoms with Crippen LogP contribution in [-0.4, -0.2) is 28.7 Å². The number of nitrogens with zero attached hydrogens (tertiary/aromatic N) is 2. The van der Waals surface area contributed by atoms with Crippen LogP contribution in [0.5, 0.6) is 0 Å². The topological polar surface area (TPSA) is 41.9 Å². The maximum absolute atomic E-state index is 5.26. The lowest BCUT2D eigenvalue weighted by Crippen LogP contribution is -2.34. The zero-order chi connectivity index (χ0) is 19.8. The van der Waals surface area contributed by atoms with Gasteiger partial charge in [-0.25, -0.2) is 4.98 Å². The van der Waals surface area contributed by atoms with Gasteiger partial charge in [-0.1, -0.05) is 30.3 Å². The van der Waals surface area contributed by atoms with Gasteiger partial charge in [-0.05, 0) is 76.2 Å². The number of aromatic nitrogens is 2. The Morgan fingerprint density at radius 2 is 2.00 bits per heavy atom. The van der Waals surface area contributed by atoms with Gasteiger partial charge in [0.2, 0.25) is 0 Å². The molecule has 3 heterocycles. The van der Waals surface area contributed by atoms with Crippen molar-refractivity contribution in [3.05, 3.63) is 59.4 Å². The van der Waals surface area contributed by atoms with Gasteiger partial charge in [0, 0.05) is 29.8 Å². The Morgan fingerprint density at radius 3 is 2.79 bits per heavy atom. The van der Waals surface area contributed by atoms with E-state index in [0.29, 0.717) is 18.0 Å². The largest absolute Gasteiger partial charge is 0.382 e. The van der Waals surface area contributed by atoms with E-state index in [1.54, 1.807) is 0 Å². The van der Waals surface area contributed by atoms with E-state index in [1.807, 2.05) is 0 Å². The zero-order valence-electron chi connectivity index (χ0n) is 17.6. The van der Waals surface area contributed by atoms with E-state index in [1.165, 1.54) is 52.9 Å². The first-order chi connectivity index (χ1) is 14.2. The van der Waals surface area contributed by atoms with E-state index in [-0.39, 0.29) is 0 Å². The maximum atomic E-state index is 5.26. The minimum atomic E-state index is 0.444. The molecule has 0 unspecified atom stereocenters. The van der Waals surface area contributed by atoms with Gasteiger partial charge in [0.05, 0.1) is 11.0 Å². The normalized spacial score (nSPS) is 22.8. The molecule has 0 saturated carbocycles. The smallest absolute Gasteiger partial charge is 0.114 e. The molecule has 4 heteroatoms. The number of hydrogen-bond acceptors (Lipinski definition) is 3. The van der Waals surface area contributed by atoms with E-state index in [2.05, 4.69) is 71.5 Å². The van der Waals surface area contributed by atoms with Gasteiger partial charge in [-0.2, -0.15) is 0 Å². The Bertz CT molecular complexity index is 985. The number of nitrogens with one attached hydrogen (secondary N) is 2. The Labute approximate surface area is 173 Å². The molecule has 3 atom stereocenters. The van der Waals surface area contributed by atoms with Crippen LogP contribution in [0.1, 0.15) is 56.1 Å². The van der Waals surface area contributed by atoms with Crippen molar-refractivity contribution >= 4 is 16.7 Å². The molecule has 152 valence electrons. The number of rotatable bonds is 4. The Morgan fingerprint density at radius 1 is 1.14 bits per heavy atom. The van der Waals surface area contributed by atoms with Gasteiger partial charge >= 0.3 is 0 Å². The number of benzene rings is 2. The standard InChI is InChI=1S/C25H32N4/c1-17-10-11-21-22(27-17)12-13-23-25(21)28-24(15-19-7-4-3-5-8-19)29(23)18(2)20-9-6-14-26-16-20/h3-5,7-8,12-13,17-18,20,26-27H,6,9-11,14-16H2,1-2H3/t17-,18-,20-/m0/s1. The quantitative estimate of drug-likeness (QED) is 0.666. The Kier molecular flexibility index (Phi) is 5.04. The summed E-state index contributed by atoms with van der Waals surface area (Å²) in [5.74, 6) is 1.86. The van der Waals surface area contributed by atoms with Gasteiger partial charge < -0.3 is 15.2 Å². The zero-order valence-corrected chi connectivity index (χ0v) is 17.6. The fourth-order valence-electron chi connectivity index (χ4n) is 5.21. The van der Waals surface area contributed by atoms with E-state index >= 15 is 0 Å². The predicted molar refractivity (Wildman–Crippen MR) is 121 cm³/mol. The highest BCUT2D eigenvalue weighted by atomic mass is 15.1. The Balaban J connectivity index is 1.62. The molecule has 2 aliphatic heterocycles. The van der Waals surface area contributed by atoms with Crippen molar-refractivity contribution in [3.8, 4) is 0 Å². The number of aryl methyl sites for hydroxylation is 1. The molecule has 0 aliphatic carbocycles. The lowest BCUT2D eigenvalue weighted by Gasteiger charge is -2.31. The number of anilines is 1. The second-order valence-electron chi connectivity index (χ2n) is 8.95. The highest BCUT2D eigenvalue weighted by Gasteiger charge is 2.27. The van der Waals surface area contributed by atoms with Crippen LogP contribution >= 0.6 is 0 Å². The minimum absolute atomic E-state index is 0.444. The summed E-state index contributed by atoms with van der Waals surface area (Å²) < 4.78 is 2.55. The molecule has 2 aromatic carbocycles. The van der Waals surface area contributed by atoms with E-state index in [4.69, 9.17) is 4.98 Å². The van der Waals surface area contributed by atoms with Crippen molar-refractivity contribution < 1.29 is 0 Å². The molecule has 0 radical (unpaired) electrons. The molecule has 29 heavy (non-hydrogen) atoms. The summed E-state index contributed by atoms with van der Waals surface area (Å²) in [6.45, 7) is 6.93. The Hall–Kier alpha value is -2.33. The van der Waals surface area contributed by atoms with Crippen LogP contribution < -0.4 is 10.6 Å². The average Bonchev–Trinajstić information content (AvgIpc) is 3.12. The predicted octanol–water partition coefficient (Wildman–Crippen LogP) is 4.93. The van der Waals surface area contributed by atoms with Gasteiger partial charge in [0.25, 0.3) is 0 Å². The first-order valence-electron chi connectivity index (χ1n) is 11.2. The number of fused-ring (bicyclic) bond motifs is 3. The van der Waals surface area contributed by atoms with E-state index < -0.39 is 0 Å². The summed E-state index contributed by atoms with van der Waals surface area (Å²) in [6.07, 6.45) is 5.74.